The van der Waals surface area contributed by atoms with Crippen molar-refractivity contribution in [1.29, 1.82) is 5.26 Å². The average molecular weight is 458 g/mol. The number of fused-ring (bicyclic) bond motifs is 1. The number of piperidine rings is 1. The molecule has 0 amide bonds. The fraction of sp³-hybridized carbons (Fsp3) is 0.476. The molecule has 2 saturated heterocycles. The van der Waals surface area contributed by atoms with Crippen molar-refractivity contribution in [2.45, 2.75) is 30.8 Å². The van der Waals surface area contributed by atoms with Crippen LogP contribution in [-0.2, 0) is 16.6 Å². The smallest absolute Gasteiger partial charge is 0.167 e. The molecule has 11 heteroatoms. The van der Waals surface area contributed by atoms with Crippen LogP contribution >= 0.6 is 0 Å². The predicted molar refractivity (Wildman–Crippen MR) is 117 cm³/mol. The normalized spacial score (nSPS) is 20.8. The molecular formula is C21H24FN7O2S. The molecular weight excluding hydrogens is 433 g/mol. The third kappa shape index (κ3) is 3.73. The quantitative estimate of drug-likeness (QED) is 0.545. The minimum atomic E-state index is -1.80. The van der Waals surface area contributed by atoms with E-state index < -0.39 is 22.4 Å². The zero-order valence-corrected chi connectivity index (χ0v) is 18.3. The molecule has 1 atom stereocenters. The number of aromatic nitrogens is 4. The largest absolute Gasteiger partial charge is 0.346 e. The van der Waals surface area contributed by atoms with Crippen LogP contribution in [0, 0.1) is 17.1 Å². The van der Waals surface area contributed by atoms with Gasteiger partial charge in [-0.1, -0.05) is 0 Å². The van der Waals surface area contributed by atoms with Gasteiger partial charge in [0.05, 0.1) is 24.9 Å². The van der Waals surface area contributed by atoms with Crippen molar-refractivity contribution in [1.82, 2.24) is 29.5 Å². The van der Waals surface area contributed by atoms with Gasteiger partial charge >= 0.3 is 0 Å². The van der Waals surface area contributed by atoms with Gasteiger partial charge in [0.1, 0.15) is 22.9 Å². The molecule has 5 rings (SSSR count). The minimum absolute atomic E-state index is 0.196. The molecule has 2 fully saturated rings. The topological polar surface area (TPSA) is 114 Å². The van der Waals surface area contributed by atoms with E-state index in [1.807, 2.05) is 15.8 Å². The summed E-state index contributed by atoms with van der Waals surface area (Å²) in [6, 6.07) is 4.49. The average Bonchev–Trinajstić information content (AvgIpc) is 3.41. The number of nitrogens with one attached hydrogen (secondary N) is 1. The zero-order chi connectivity index (χ0) is 22.3. The highest BCUT2D eigenvalue weighted by atomic mass is 32.2. The summed E-state index contributed by atoms with van der Waals surface area (Å²) in [6.07, 6.45) is 8.61. The number of hydrogen-bond acceptors (Lipinski definition) is 6. The minimum Gasteiger partial charge on any atom is -0.346 e. The third-order valence-electron chi connectivity index (χ3n) is 6.67. The van der Waals surface area contributed by atoms with E-state index in [1.165, 1.54) is 6.20 Å². The van der Waals surface area contributed by atoms with Crippen molar-refractivity contribution in [3.63, 3.8) is 0 Å². The number of halogens is 1. The van der Waals surface area contributed by atoms with Crippen LogP contribution in [0.2, 0.25) is 0 Å². The second-order valence-electron chi connectivity index (χ2n) is 8.66. The Bertz CT molecular complexity index is 1190. The molecule has 0 radical (unpaired) electrons. The number of likely N-dealkylation sites (tertiary alicyclic amines) is 2. The van der Waals surface area contributed by atoms with Crippen molar-refractivity contribution in [2.75, 3.05) is 32.1 Å². The number of nitriles is 1. The molecule has 0 aliphatic carbocycles. The number of rotatable bonds is 6. The van der Waals surface area contributed by atoms with Crippen LogP contribution in [0.25, 0.3) is 22.2 Å². The lowest BCUT2D eigenvalue weighted by molar-refractivity contribution is -0.0418. The van der Waals surface area contributed by atoms with Crippen LogP contribution in [0.5, 0.6) is 0 Å². The van der Waals surface area contributed by atoms with Gasteiger partial charge in [0.25, 0.3) is 0 Å². The molecule has 0 saturated carbocycles. The van der Waals surface area contributed by atoms with Crippen LogP contribution in [0.4, 0.5) is 4.39 Å². The highest BCUT2D eigenvalue weighted by Crippen LogP contribution is 2.38. The summed E-state index contributed by atoms with van der Waals surface area (Å²) in [5, 5.41) is 14.7. The van der Waals surface area contributed by atoms with E-state index in [4.69, 9.17) is 4.55 Å². The SMILES string of the molecule is N#CCC1(n2cc(-c3c(F)cnc4[nH]ccc34)cn2)CN(C2CCN(CS(=O)O)CC2)C1. The summed E-state index contributed by atoms with van der Waals surface area (Å²) >= 11 is -1.80. The maximum Gasteiger partial charge on any atom is 0.167 e. The van der Waals surface area contributed by atoms with E-state index in [-0.39, 0.29) is 5.88 Å². The van der Waals surface area contributed by atoms with Crippen LogP contribution in [0.1, 0.15) is 19.3 Å². The van der Waals surface area contributed by atoms with E-state index in [0.29, 0.717) is 47.7 Å². The molecule has 32 heavy (non-hydrogen) atoms. The van der Waals surface area contributed by atoms with Crippen molar-refractivity contribution < 1.29 is 13.2 Å². The monoisotopic (exact) mass is 457 g/mol. The van der Waals surface area contributed by atoms with Gasteiger partial charge < -0.3 is 9.54 Å². The van der Waals surface area contributed by atoms with Crippen molar-refractivity contribution >= 4 is 22.1 Å². The fourth-order valence-corrected chi connectivity index (χ4v) is 5.58. The van der Waals surface area contributed by atoms with Crippen LogP contribution < -0.4 is 0 Å². The predicted octanol–water partition coefficient (Wildman–Crippen LogP) is 2.13. The molecule has 0 spiro atoms. The number of pyridine rings is 1. The van der Waals surface area contributed by atoms with Gasteiger partial charge in [-0.15, -0.1) is 0 Å². The van der Waals surface area contributed by atoms with Gasteiger partial charge in [-0.3, -0.25) is 14.5 Å². The van der Waals surface area contributed by atoms with Gasteiger partial charge in [-0.05, 0) is 18.9 Å². The van der Waals surface area contributed by atoms with Gasteiger partial charge in [0.15, 0.2) is 11.1 Å². The van der Waals surface area contributed by atoms with E-state index in [1.54, 1.807) is 18.5 Å². The standard InChI is InChI=1S/C21H24FN7O2S/c22-18-10-25-20-17(1-6-24-20)19(18)15-9-26-29(11-15)21(4-5-23)12-28(13-21)16-2-7-27(8-3-16)14-32(30)31/h1,6,9-11,16H,2-4,7-8,12-14H2,(H,24,25)(H,30,31). The van der Waals surface area contributed by atoms with E-state index >= 15 is 0 Å². The summed E-state index contributed by atoms with van der Waals surface area (Å²) in [7, 11) is 0. The Morgan fingerprint density at radius 3 is 2.84 bits per heavy atom. The third-order valence-corrected chi connectivity index (χ3v) is 7.25. The molecule has 2 N–H and O–H groups in total. The molecule has 168 valence electrons. The molecule has 1 unspecified atom stereocenters. The number of aromatic amines is 1. The number of H-pyrrole nitrogens is 1. The summed E-state index contributed by atoms with van der Waals surface area (Å²) in [5.74, 6) is -0.210. The molecule has 2 aliphatic rings. The van der Waals surface area contributed by atoms with Crippen LogP contribution in [-0.4, -0.2) is 76.4 Å². The van der Waals surface area contributed by atoms with E-state index in [0.717, 1.165) is 25.9 Å². The summed E-state index contributed by atoms with van der Waals surface area (Å²) < 4.78 is 36.6. The molecule has 2 aliphatic heterocycles. The summed E-state index contributed by atoms with van der Waals surface area (Å²) in [4.78, 5) is 11.5. The maximum atomic E-state index is 14.6. The van der Waals surface area contributed by atoms with Crippen molar-refractivity contribution in [3.8, 4) is 17.2 Å². The molecule has 0 aromatic carbocycles. The first-order chi connectivity index (χ1) is 15.5. The Morgan fingerprint density at radius 2 is 2.12 bits per heavy atom. The van der Waals surface area contributed by atoms with Crippen LogP contribution in [0.3, 0.4) is 0 Å². The highest BCUT2D eigenvalue weighted by molar-refractivity contribution is 7.79. The highest BCUT2D eigenvalue weighted by Gasteiger charge is 2.48. The molecule has 0 bridgehead atoms. The summed E-state index contributed by atoms with van der Waals surface area (Å²) in [6.45, 7) is 2.99. The first-order valence-corrected chi connectivity index (χ1v) is 11.8. The Morgan fingerprint density at radius 1 is 1.34 bits per heavy atom. The fourth-order valence-electron chi connectivity index (χ4n) is 5.01. The molecule has 3 aromatic rings. The Kier molecular flexibility index (Phi) is 5.54. The molecule has 9 nitrogen and oxygen atoms in total. The zero-order valence-electron chi connectivity index (χ0n) is 17.4. The van der Waals surface area contributed by atoms with Crippen molar-refractivity contribution in [3.05, 3.63) is 36.7 Å². The summed E-state index contributed by atoms with van der Waals surface area (Å²) in [5.41, 5.74) is 1.31. The Balaban J connectivity index is 1.33. The lowest BCUT2D eigenvalue weighted by Crippen LogP contribution is -2.66. The van der Waals surface area contributed by atoms with Gasteiger partial charge in [-0.2, -0.15) is 10.4 Å². The van der Waals surface area contributed by atoms with Crippen molar-refractivity contribution in [2.24, 2.45) is 0 Å². The van der Waals surface area contributed by atoms with E-state index in [2.05, 4.69) is 26.0 Å². The molecule has 5 heterocycles. The lowest BCUT2D eigenvalue weighted by Gasteiger charge is -2.53. The first kappa shape index (κ1) is 21.2. The Labute approximate surface area is 187 Å². The number of nitrogens with zero attached hydrogens (tertiary/aromatic N) is 6. The van der Waals surface area contributed by atoms with E-state index in [9.17, 15) is 13.9 Å². The second-order valence-corrected chi connectivity index (χ2v) is 9.56. The molecule has 3 aromatic heterocycles. The maximum absolute atomic E-state index is 14.6. The van der Waals surface area contributed by atoms with Crippen LogP contribution in [0.15, 0.2) is 30.9 Å². The van der Waals surface area contributed by atoms with Gasteiger partial charge in [-0.25, -0.2) is 13.6 Å². The van der Waals surface area contributed by atoms with Gasteiger partial charge in [0.2, 0.25) is 0 Å². The number of hydrogen-bond donors (Lipinski definition) is 2. The second kappa shape index (κ2) is 8.37. The first-order valence-electron chi connectivity index (χ1n) is 10.6. The Hall–Kier alpha value is -2.65. The lowest BCUT2D eigenvalue weighted by atomic mass is 9.84. The van der Waals surface area contributed by atoms with Gasteiger partial charge in [0, 0.05) is 61.1 Å².